The fourth-order valence-corrected chi connectivity index (χ4v) is 1.92. The quantitative estimate of drug-likeness (QED) is 0.928. The van der Waals surface area contributed by atoms with Gasteiger partial charge in [0.05, 0.1) is 17.5 Å². The maximum atomic E-state index is 12.4. The molecule has 0 radical (unpaired) electrons. The number of hydrogen-bond acceptors (Lipinski definition) is 4. The number of nitrogens with zero attached hydrogens (tertiary/aromatic N) is 2. The van der Waals surface area contributed by atoms with Crippen LogP contribution in [0.15, 0.2) is 41.3 Å². The first-order chi connectivity index (χ1) is 10.0. The molecule has 6 heteroatoms. The molecule has 1 aromatic heterocycles. The Labute approximate surface area is 122 Å². The van der Waals surface area contributed by atoms with Gasteiger partial charge in [0.15, 0.2) is 0 Å². The smallest absolute Gasteiger partial charge is 0.380 e. The summed E-state index contributed by atoms with van der Waals surface area (Å²) < 4.78 is 0.936. The molecule has 0 aliphatic heterocycles. The molecule has 0 aliphatic rings. The number of rotatable bonds is 4. The van der Waals surface area contributed by atoms with Crippen molar-refractivity contribution in [2.45, 2.75) is 19.8 Å². The van der Waals surface area contributed by atoms with E-state index in [1.807, 2.05) is 32.0 Å². The second kappa shape index (κ2) is 6.21. The number of carbonyl (C=O) groups is 1. The zero-order valence-corrected chi connectivity index (χ0v) is 12.2. The van der Waals surface area contributed by atoms with E-state index in [0.717, 1.165) is 4.73 Å². The van der Waals surface area contributed by atoms with E-state index < -0.39 is 5.69 Å². The average molecular weight is 287 g/mol. The average Bonchev–Trinajstić information content (AvgIpc) is 2.47. The summed E-state index contributed by atoms with van der Waals surface area (Å²) in [4.78, 5) is 32.9. The highest BCUT2D eigenvalue weighted by molar-refractivity contribution is 6.04. The number of nitrogens with one attached hydrogen (secondary N) is 1. The summed E-state index contributed by atoms with van der Waals surface area (Å²) in [6.45, 7) is 3.75. The highest BCUT2D eigenvalue weighted by Gasteiger charge is 2.18. The number of hydrogen-bond donors (Lipinski definition) is 1. The van der Waals surface area contributed by atoms with E-state index in [9.17, 15) is 9.59 Å². The lowest BCUT2D eigenvalue weighted by molar-refractivity contribution is 0.101. The predicted molar refractivity (Wildman–Crippen MR) is 79.5 cm³/mol. The van der Waals surface area contributed by atoms with Gasteiger partial charge in [0.1, 0.15) is 7.11 Å². The summed E-state index contributed by atoms with van der Waals surface area (Å²) >= 11 is 0. The van der Waals surface area contributed by atoms with Crippen LogP contribution in [0.2, 0.25) is 0 Å². The summed E-state index contributed by atoms with van der Waals surface area (Å²) in [6, 6.07) is 9.09. The molecule has 0 bridgehead atoms. The minimum absolute atomic E-state index is 0.0549. The van der Waals surface area contributed by atoms with Gasteiger partial charge in [0.25, 0.3) is 5.91 Å². The minimum Gasteiger partial charge on any atom is -0.413 e. The molecule has 2 aromatic rings. The molecule has 21 heavy (non-hydrogen) atoms. The third-order valence-electron chi connectivity index (χ3n) is 2.95. The molecule has 1 aromatic carbocycles. The van der Waals surface area contributed by atoms with Crippen molar-refractivity contribution in [3.63, 3.8) is 0 Å². The summed E-state index contributed by atoms with van der Waals surface area (Å²) in [6.07, 6.45) is 1.36. The second-order valence-electron chi connectivity index (χ2n) is 4.81. The van der Waals surface area contributed by atoms with Crippen LogP contribution < -0.4 is 15.8 Å². The maximum absolute atomic E-state index is 12.4. The van der Waals surface area contributed by atoms with E-state index in [1.54, 1.807) is 12.1 Å². The van der Waals surface area contributed by atoms with Crippen molar-refractivity contribution >= 4 is 11.6 Å². The normalized spacial score (nSPS) is 10.5. The number of carbonyl (C=O) groups excluding carboxylic acids is 1. The van der Waals surface area contributed by atoms with E-state index in [4.69, 9.17) is 4.84 Å². The molecule has 110 valence electrons. The van der Waals surface area contributed by atoms with Crippen LogP contribution >= 0.6 is 0 Å². The lowest BCUT2D eigenvalue weighted by Crippen LogP contribution is -2.31. The highest BCUT2D eigenvalue weighted by atomic mass is 16.6. The van der Waals surface area contributed by atoms with Gasteiger partial charge in [-0.1, -0.05) is 32.0 Å². The van der Waals surface area contributed by atoms with Gasteiger partial charge < -0.3 is 10.2 Å². The minimum atomic E-state index is -0.544. The van der Waals surface area contributed by atoms with Crippen LogP contribution in [0.1, 0.15) is 35.8 Å². The molecule has 1 amide bonds. The summed E-state index contributed by atoms with van der Waals surface area (Å²) in [5.74, 6) is -0.385. The first-order valence-corrected chi connectivity index (χ1v) is 6.57. The molecule has 0 aliphatic carbocycles. The van der Waals surface area contributed by atoms with Gasteiger partial charge in [-0.05, 0) is 18.1 Å². The van der Waals surface area contributed by atoms with Gasteiger partial charge in [-0.2, -0.15) is 4.98 Å². The Morgan fingerprint density at radius 3 is 2.52 bits per heavy atom. The van der Waals surface area contributed by atoms with Gasteiger partial charge in [-0.3, -0.25) is 4.79 Å². The van der Waals surface area contributed by atoms with Crippen molar-refractivity contribution in [2.24, 2.45) is 0 Å². The Bertz CT molecular complexity index is 693. The van der Waals surface area contributed by atoms with Crippen LogP contribution in [-0.4, -0.2) is 22.7 Å². The highest BCUT2D eigenvalue weighted by Crippen LogP contribution is 2.17. The maximum Gasteiger partial charge on any atom is 0.380 e. The molecule has 2 rings (SSSR count). The van der Waals surface area contributed by atoms with Crippen molar-refractivity contribution < 1.29 is 9.63 Å². The molecule has 0 saturated carbocycles. The number of aromatic nitrogens is 2. The summed E-state index contributed by atoms with van der Waals surface area (Å²) in [5, 5.41) is 2.77. The number of benzene rings is 1. The zero-order valence-electron chi connectivity index (χ0n) is 12.2. The SMILES string of the molecule is COn1cc(C(=O)Nc2ccccc2)c(C(C)C)nc1=O. The lowest BCUT2D eigenvalue weighted by Gasteiger charge is -2.13. The second-order valence-corrected chi connectivity index (χ2v) is 4.81. The molecule has 0 atom stereocenters. The fourth-order valence-electron chi connectivity index (χ4n) is 1.92. The van der Waals surface area contributed by atoms with Gasteiger partial charge in [-0.25, -0.2) is 4.79 Å². The monoisotopic (exact) mass is 287 g/mol. The fraction of sp³-hybridized carbons (Fsp3) is 0.267. The zero-order chi connectivity index (χ0) is 15.4. The lowest BCUT2D eigenvalue weighted by atomic mass is 10.0. The van der Waals surface area contributed by atoms with E-state index in [2.05, 4.69) is 10.3 Å². The third-order valence-corrected chi connectivity index (χ3v) is 2.95. The van der Waals surface area contributed by atoms with Crippen LogP contribution in [0, 0.1) is 0 Å². The molecule has 1 N–H and O–H groups in total. The Balaban J connectivity index is 2.41. The number of para-hydroxylation sites is 1. The Hall–Kier alpha value is -2.63. The van der Waals surface area contributed by atoms with Gasteiger partial charge in [0.2, 0.25) is 0 Å². The molecule has 0 saturated heterocycles. The molecule has 0 fully saturated rings. The van der Waals surface area contributed by atoms with E-state index in [1.165, 1.54) is 13.3 Å². The molecule has 6 nitrogen and oxygen atoms in total. The molecular formula is C15H17N3O3. The van der Waals surface area contributed by atoms with E-state index >= 15 is 0 Å². The summed E-state index contributed by atoms with van der Waals surface area (Å²) in [7, 11) is 1.34. The van der Waals surface area contributed by atoms with Crippen molar-refractivity contribution in [2.75, 3.05) is 12.4 Å². The summed E-state index contributed by atoms with van der Waals surface area (Å²) in [5.41, 5.74) is 0.891. The standard InChI is InChI=1S/C15H17N3O3/c1-10(2)13-12(9-18(21-3)15(20)17-13)14(19)16-11-7-5-4-6-8-11/h4-10H,1-3H3,(H,16,19). The molecule has 0 unspecified atom stereocenters. The molecular weight excluding hydrogens is 270 g/mol. The first-order valence-electron chi connectivity index (χ1n) is 6.57. The Kier molecular flexibility index (Phi) is 4.37. The predicted octanol–water partition coefficient (Wildman–Crippen LogP) is 1.68. The third kappa shape index (κ3) is 3.28. The first kappa shape index (κ1) is 14.8. The number of anilines is 1. The Morgan fingerprint density at radius 1 is 1.29 bits per heavy atom. The van der Waals surface area contributed by atoms with Crippen LogP contribution in [0.5, 0.6) is 0 Å². The van der Waals surface area contributed by atoms with Crippen molar-refractivity contribution in [3.8, 4) is 0 Å². The van der Waals surface area contributed by atoms with Crippen LogP contribution in [-0.2, 0) is 0 Å². The van der Waals surface area contributed by atoms with Gasteiger partial charge in [0, 0.05) is 5.69 Å². The van der Waals surface area contributed by atoms with Crippen LogP contribution in [0.4, 0.5) is 5.69 Å². The molecule has 1 heterocycles. The van der Waals surface area contributed by atoms with Crippen molar-refractivity contribution in [1.29, 1.82) is 0 Å². The van der Waals surface area contributed by atoms with E-state index in [-0.39, 0.29) is 11.8 Å². The number of amides is 1. The van der Waals surface area contributed by atoms with Crippen molar-refractivity contribution in [1.82, 2.24) is 9.71 Å². The van der Waals surface area contributed by atoms with Gasteiger partial charge in [-0.15, -0.1) is 4.73 Å². The van der Waals surface area contributed by atoms with Crippen LogP contribution in [0.25, 0.3) is 0 Å². The van der Waals surface area contributed by atoms with Crippen LogP contribution in [0.3, 0.4) is 0 Å². The van der Waals surface area contributed by atoms with Crippen molar-refractivity contribution in [3.05, 3.63) is 58.3 Å². The Morgan fingerprint density at radius 2 is 1.95 bits per heavy atom. The largest absolute Gasteiger partial charge is 0.413 e. The van der Waals surface area contributed by atoms with E-state index in [0.29, 0.717) is 16.9 Å². The van der Waals surface area contributed by atoms with Gasteiger partial charge >= 0.3 is 5.69 Å². The topological polar surface area (TPSA) is 73.2 Å². The molecule has 0 spiro atoms.